The first kappa shape index (κ1) is 21.9. The first-order valence-corrected chi connectivity index (χ1v) is 9.18. The SMILES string of the molecule is Bc1c(NCCCCCN(O)C(=O)CCC(=O)NCCCC)c(=O)c1=O. The van der Waals surface area contributed by atoms with Crippen molar-refractivity contribution in [1.82, 2.24) is 10.4 Å². The van der Waals surface area contributed by atoms with Gasteiger partial charge in [0.15, 0.2) is 0 Å². The molecule has 0 atom stereocenters. The number of nitrogens with one attached hydrogen (secondary N) is 2. The second-order valence-corrected chi connectivity index (χ2v) is 6.37. The molecule has 144 valence electrons. The Balaban J connectivity index is 2.07. The summed E-state index contributed by atoms with van der Waals surface area (Å²) in [6.45, 7) is 3.40. The number of anilines is 1. The highest BCUT2D eigenvalue weighted by Gasteiger charge is 2.15. The molecule has 9 heteroatoms. The summed E-state index contributed by atoms with van der Waals surface area (Å²) in [5, 5.41) is 16.0. The van der Waals surface area contributed by atoms with Gasteiger partial charge in [-0.1, -0.05) is 13.3 Å². The van der Waals surface area contributed by atoms with Crippen LogP contribution in [-0.4, -0.2) is 49.6 Å². The summed E-state index contributed by atoms with van der Waals surface area (Å²) < 4.78 is 0. The van der Waals surface area contributed by atoms with Crippen LogP contribution in [0, 0.1) is 0 Å². The van der Waals surface area contributed by atoms with Gasteiger partial charge in [-0.15, -0.1) is 0 Å². The lowest BCUT2D eigenvalue weighted by Gasteiger charge is -2.15. The molecular formula is C17H28BN3O5. The van der Waals surface area contributed by atoms with Crippen LogP contribution in [0.1, 0.15) is 51.9 Å². The standard InChI is InChI=1S/C17H28BN3O5/c1-2-3-9-19-12(22)7-8-13(23)21(26)11-6-4-5-10-20-15-14(18)16(24)17(15)25/h20,26H,2-11,18H2,1H3,(H,19,22). The van der Waals surface area contributed by atoms with E-state index in [0.29, 0.717) is 35.7 Å². The molecule has 2 amide bonds. The van der Waals surface area contributed by atoms with Gasteiger partial charge in [0, 0.05) is 32.5 Å². The molecule has 0 aliphatic carbocycles. The van der Waals surface area contributed by atoms with Gasteiger partial charge in [0.1, 0.15) is 7.85 Å². The van der Waals surface area contributed by atoms with E-state index < -0.39 is 16.8 Å². The first-order valence-electron chi connectivity index (χ1n) is 9.18. The molecule has 0 bridgehead atoms. The third-order valence-electron chi connectivity index (χ3n) is 4.20. The Morgan fingerprint density at radius 3 is 2.42 bits per heavy atom. The van der Waals surface area contributed by atoms with Crippen molar-refractivity contribution in [3.8, 4) is 0 Å². The highest BCUT2D eigenvalue weighted by molar-refractivity contribution is 6.36. The van der Waals surface area contributed by atoms with Crippen molar-refractivity contribution < 1.29 is 14.8 Å². The van der Waals surface area contributed by atoms with Gasteiger partial charge in [-0.05, 0) is 31.1 Å². The van der Waals surface area contributed by atoms with Crippen LogP contribution < -0.4 is 27.0 Å². The number of carbonyl (C=O) groups is 2. The van der Waals surface area contributed by atoms with Gasteiger partial charge in [-0.25, -0.2) is 5.06 Å². The van der Waals surface area contributed by atoms with Gasteiger partial charge in [-0.2, -0.15) is 0 Å². The minimum atomic E-state index is -0.465. The number of hydrogen-bond donors (Lipinski definition) is 3. The van der Waals surface area contributed by atoms with E-state index in [1.54, 1.807) is 7.85 Å². The molecule has 8 nitrogen and oxygen atoms in total. The maximum atomic E-state index is 11.7. The number of unbranched alkanes of at least 4 members (excludes halogenated alkanes) is 3. The fourth-order valence-electron chi connectivity index (χ4n) is 2.46. The molecule has 0 aliphatic rings. The quantitative estimate of drug-likeness (QED) is 0.136. The number of hydroxylamine groups is 2. The van der Waals surface area contributed by atoms with E-state index in [4.69, 9.17) is 0 Å². The average molecular weight is 365 g/mol. The summed E-state index contributed by atoms with van der Waals surface area (Å²) in [6, 6.07) is 0. The van der Waals surface area contributed by atoms with Gasteiger partial charge in [0.25, 0.3) is 0 Å². The zero-order chi connectivity index (χ0) is 19.5. The third-order valence-corrected chi connectivity index (χ3v) is 4.20. The largest absolute Gasteiger partial charge is 0.382 e. The molecule has 0 fully saturated rings. The van der Waals surface area contributed by atoms with Gasteiger partial charge in [-0.3, -0.25) is 24.4 Å². The Kier molecular flexibility index (Phi) is 9.65. The van der Waals surface area contributed by atoms with Crippen LogP contribution in [0.4, 0.5) is 5.69 Å². The fourth-order valence-corrected chi connectivity index (χ4v) is 2.46. The number of rotatable bonds is 13. The van der Waals surface area contributed by atoms with Gasteiger partial charge < -0.3 is 10.6 Å². The second-order valence-electron chi connectivity index (χ2n) is 6.37. The van der Waals surface area contributed by atoms with E-state index >= 15 is 0 Å². The second kappa shape index (κ2) is 11.5. The van der Waals surface area contributed by atoms with Crippen LogP contribution in [0.25, 0.3) is 0 Å². The average Bonchev–Trinajstić information content (AvgIpc) is 2.64. The molecule has 0 spiro atoms. The van der Waals surface area contributed by atoms with E-state index in [0.717, 1.165) is 25.7 Å². The highest BCUT2D eigenvalue weighted by atomic mass is 16.5. The zero-order valence-corrected chi connectivity index (χ0v) is 15.6. The van der Waals surface area contributed by atoms with E-state index in [-0.39, 0.29) is 25.3 Å². The van der Waals surface area contributed by atoms with E-state index in [1.807, 2.05) is 6.92 Å². The summed E-state index contributed by atoms with van der Waals surface area (Å²) in [5.74, 6) is -0.645. The maximum absolute atomic E-state index is 11.7. The maximum Gasteiger partial charge on any atom is 0.247 e. The molecule has 26 heavy (non-hydrogen) atoms. The monoisotopic (exact) mass is 365 g/mol. The molecule has 0 aromatic heterocycles. The van der Waals surface area contributed by atoms with Crippen LogP contribution >= 0.6 is 0 Å². The Bertz CT molecular complexity index is 670. The predicted octanol–water partition coefficient (Wildman–Crippen LogP) is -0.962. The lowest BCUT2D eigenvalue weighted by molar-refractivity contribution is -0.166. The van der Waals surface area contributed by atoms with Crippen molar-refractivity contribution in [2.45, 2.75) is 51.9 Å². The van der Waals surface area contributed by atoms with Gasteiger partial charge >= 0.3 is 0 Å². The first-order chi connectivity index (χ1) is 12.4. The minimum Gasteiger partial charge on any atom is -0.382 e. The normalized spacial score (nSPS) is 10.7. The van der Waals surface area contributed by atoms with Crippen molar-refractivity contribution in [1.29, 1.82) is 0 Å². The van der Waals surface area contributed by atoms with E-state index in [9.17, 15) is 24.4 Å². The molecule has 1 aromatic rings. The van der Waals surface area contributed by atoms with Gasteiger partial charge in [0.05, 0.1) is 5.69 Å². The summed E-state index contributed by atoms with van der Waals surface area (Å²) in [4.78, 5) is 45.6. The number of nitrogens with zero attached hydrogens (tertiary/aromatic N) is 1. The van der Waals surface area contributed by atoms with Crippen molar-refractivity contribution in [2.24, 2.45) is 0 Å². The number of carbonyl (C=O) groups excluding carboxylic acids is 2. The molecular weight excluding hydrogens is 337 g/mol. The summed E-state index contributed by atoms with van der Waals surface area (Å²) in [7, 11) is 1.62. The fraction of sp³-hybridized carbons (Fsp3) is 0.647. The Morgan fingerprint density at radius 2 is 1.77 bits per heavy atom. The summed E-state index contributed by atoms with van der Waals surface area (Å²) >= 11 is 0. The van der Waals surface area contributed by atoms with Crippen LogP contribution in [0.5, 0.6) is 0 Å². The molecule has 0 aliphatic heterocycles. The van der Waals surface area contributed by atoms with Crippen molar-refractivity contribution in [3.05, 3.63) is 20.4 Å². The van der Waals surface area contributed by atoms with E-state index in [1.165, 1.54) is 0 Å². The third kappa shape index (κ3) is 6.99. The molecule has 0 unspecified atom stereocenters. The molecule has 0 saturated heterocycles. The van der Waals surface area contributed by atoms with Crippen LogP contribution in [0.3, 0.4) is 0 Å². The van der Waals surface area contributed by atoms with Gasteiger partial charge in [0.2, 0.25) is 22.7 Å². The van der Waals surface area contributed by atoms with Crippen molar-refractivity contribution in [2.75, 3.05) is 25.0 Å². The molecule has 3 N–H and O–H groups in total. The minimum absolute atomic E-state index is 0.0143. The number of hydrogen-bond acceptors (Lipinski definition) is 6. The zero-order valence-electron chi connectivity index (χ0n) is 15.6. The molecule has 1 rings (SSSR count). The molecule has 0 heterocycles. The highest BCUT2D eigenvalue weighted by Crippen LogP contribution is 2.02. The molecule has 0 saturated carbocycles. The summed E-state index contributed by atoms with van der Waals surface area (Å²) in [6.07, 6.45) is 4.07. The molecule has 1 aromatic carbocycles. The Hall–Kier alpha value is -2.16. The summed E-state index contributed by atoms with van der Waals surface area (Å²) in [5.41, 5.74) is -0.0265. The van der Waals surface area contributed by atoms with E-state index in [2.05, 4.69) is 10.6 Å². The van der Waals surface area contributed by atoms with Crippen molar-refractivity contribution in [3.63, 3.8) is 0 Å². The lowest BCUT2D eigenvalue weighted by Crippen LogP contribution is -2.49. The predicted molar refractivity (Wildman–Crippen MR) is 103 cm³/mol. The Morgan fingerprint density at radius 1 is 1.04 bits per heavy atom. The number of amides is 2. The smallest absolute Gasteiger partial charge is 0.247 e. The van der Waals surface area contributed by atoms with Crippen LogP contribution in [0.2, 0.25) is 0 Å². The van der Waals surface area contributed by atoms with Crippen LogP contribution in [-0.2, 0) is 9.59 Å². The van der Waals surface area contributed by atoms with Crippen LogP contribution in [0.15, 0.2) is 9.59 Å². The Labute approximate surface area is 154 Å². The molecule has 0 radical (unpaired) electrons. The lowest BCUT2D eigenvalue weighted by atomic mass is 9.89. The van der Waals surface area contributed by atoms with Crippen molar-refractivity contribution >= 4 is 30.8 Å². The topological polar surface area (TPSA) is 116 Å².